The highest BCUT2D eigenvalue weighted by Crippen LogP contribution is 2.11. The van der Waals surface area contributed by atoms with Gasteiger partial charge in [0.25, 0.3) is 5.91 Å². The second kappa shape index (κ2) is 8.11. The lowest BCUT2D eigenvalue weighted by Gasteiger charge is -2.09. The molecule has 0 aromatic carbocycles. The highest BCUT2D eigenvalue weighted by molar-refractivity contribution is 5.95. The van der Waals surface area contributed by atoms with Crippen molar-refractivity contribution < 1.29 is 9.59 Å². The predicted molar refractivity (Wildman–Crippen MR) is 77.1 cm³/mol. The summed E-state index contributed by atoms with van der Waals surface area (Å²) in [7, 11) is 1.56. The van der Waals surface area contributed by atoms with Gasteiger partial charge in [-0.1, -0.05) is 13.3 Å². The molecule has 7 heteroatoms. The molecule has 0 aliphatic carbocycles. The van der Waals surface area contributed by atoms with E-state index in [1.54, 1.807) is 19.2 Å². The summed E-state index contributed by atoms with van der Waals surface area (Å²) in [5.74, 6) is 5.44. The van der Waals surface area contributed by atoms with Gasteiger partial charge in [-0.05, 0) is 18.6 Å². The molecule has 1 heterocycles. The molecular formula is C13H21N5O2. The fraction of sp³-hybridized carbons (Fsp3) is 0.462. The van der Waals surface area contributed by atoms with E-state index in [0.717, 1.165) is 18.5 Å². The maximum Gasteiger partial charge on any atom is 0.251 e. The van der Waals surface area contributed by atoms with Crippen LogP contribution in [0.4, 0.5) is 5.82 Å². The van der Waals surface area contributed by atoms with E-state index in [2.05, 4.69) is 21.0 Å². The van der Waals surface area contributed by atoms with Gasteiger partial charge in [-0.3, -0.25) is 9.59 Å². The summed E-state index contributed by atoms with van der Waals surface area (Å²) < 4.78 is 0. The highest BCUT2D eigenvalue weighted by Gasteiger charge is 2.09. The summed E-state index contributed by atoms with van der Waals surface area (Å²) in [6.07, 6.45) is 1.95. The van der Waals surface area contributed by atoms with E-state index >= 15 is 0 Å². The number of nitrogen functional groups attached to an aromatic ring is 1. The zero-order valence-corrected chi connectivity index (χ0v) is 11.8. The average Bonchev–Trinajstić information content (AvgIpc) is 2.46. The second-order valence-electron chi connectivity index (χ2n) is 4.31. The molecular weight excluding hydrogens is 258 g/mol. The second-order valence-corrected chi connectivity index (χ2v) is 4.31. The number of hydrazine groups is 1. The Labute approximate surface area is 118 Å². The Bertz CT molecular complexity index is 476. The zero-order valence-electron chi connectivity index (χ0n) is 11.8. The summed E-state index contributed by atoms with van der Waals surface area (Å²) in [6, 6.07) is 3.31. The number of nitrogens with two attached hydrogens (primary N) is 1. The lowest BCUT2D eigenvalue weighted by molar-refractivity contribution is -0.120. The van der Waals surface area contributed by atoms with Crippen molar-refractivity contribution >= 4 is 17.6 Å². The number of carbonyl (C=O) groups excluding carboxylic acids is 2. The van der Waals surface area contributed by atoms with Crippen molar-refractivity contribution in [3.8, 4) is 0 Å². The number of hydrogen-bond donors (Lipinski definition) is 4. The van der Waals surface area contributed by atoms with Crippen LogP contribution in [0.3, 0.4) is 0 Å². The molecule has 0 aliphatic rings. The van der Waals surface area contributed by atoms with Crippen LogP contribution in [0.1, 0.15) is 35.8 Å². The van der Waals surface area contributed by atoms with E-state index in [1.165, 1.54) is 0 Å². The van der Waals surface area contributed by atoms with Crippen molar-refractivity contribution in [3.63, 3.8) is 0 Å². The van der Waals surface area contributed by atoms with Gasteiger partial charge in [0, 0.05) is 31.3 Å². The number of amides is 2. The third-order valence-electron chi connectivity index (χ3n) is 2.71. The summed E-state index contributed by atoms with van der Waals surface area (Å²) in [4.78, 5) is 27.3. The number of nitrogens with one attached hydrogen (secondary N) is 3. The van der Waals surface area contributed by atoms with Crippen LogP contribution in [0, 0.1) is 0 Å². The molecule has 110 valence electrons. The van der Waals surface area contributed by atoms with Crippen molar-refractivity contribution in [3.05, 3.63) is 23.4 Å². The van der Waals surface area contributed by atoms with E-state index < -0.39 is 0 Å². The molecule has 0 unspecified atom stereocenters. The van der Waals surface area contributed by atoms with Crippen LogP contribution < -0.4 is 21.9 Å². The molecule has 0 saturated heterocycles. The number of nitrogens with zero attached hydrogens (tertiary/aromatic N) is 1. The molecule has 0 atom stereocenters. The number of anilines is 1. The maximum atomic E-state index is 12.0. The molecule has 0 fully saturated rings. The third kappa shape index (κ3) is 4.85. The first-order chi connectivity index (χ1) is 9.60. The Hall–Kier alpha value is -2.15. The number of aryl methyl sites for hydroxylation is 1. The maximum absolute atomic E-state index is 12.0. The smallest absolute Gasteiger partial charge is 0.251 e. The third-order valence-corrected chi connectivity index (χ3v) is 2.71. The van der Waals surface area contributed by atoms with Crippen LogP contribution in [0.25, 0.3) is 0 Å². The van der Waals surface area contributed by atoms with Crippen LogP contribution in [0.5, 0.6) is 0 Å². The summed E-state index contributed by atoms with van der Waals surface area (Å²) >= 11 is 0. The largest absolute Gasteiger partial charge is 0.359 e. The monoisotopic (exact) mass is 279 g/mol. The molecule has 1 aromatic heterocycles. The summed E-state index contributed by atoms with van der Waals surface area (Å²) in [6.45, 7) is 2.32. The normalized spacial score (nSPS) is 9.95. The van der Waals surface area contributed by atoms with Crippen LogP contribution >= 0.6 is 0 Å². The first-order valence-electron chi connectivity index (χ1n) is 6.57. The molecule has 1 aromatic rings. The summed E-state index contributed by atoms with van der Waals surface area (Å²) in [5.41, 5.74) is 3.73. The fourth-order valence-corrected chi connectivity index (χ4v) is 1.69. The van der Waals surface area contributed by atoms with Crippen molar-refractivity contribution in [1.29, 1.82) is 0 Å². The van der Waals surface area contributed by atoms with E-state index in [9.17, 15) is 9.59 Å². The van der Waals surface area contributed by atoms with Gasteiger partial charge in [0.2, 0.25) is 5.91 Å². The Morgan fingerprint density at radius 3 is 2.70 bits per heavy atom. The molecule has 0 radical (unpaired) electrons. The quantitative estimate of drug-likeness (QED) is 0.421. The SMILES string of the molecule is CCCc1cc(C(=O)NCCC(=O)NC)cc(NN)n1. The molecule has 0 aliphatic heterocycles. The van der Waals surface area contributed by atoms with E-state index in [4.69, 9.17) is 5.84 Å². The summed E-state index contributed by atoms with van der Waals surface area (Å²) in [5, 5.41) is 5.18. The van der Waals surface area contributed by atoms with Gasteiger partial charge in [-0.25, -0.2) is 10.8 Å². The lowest BCUT2D eigenvalue weighted by Crippen LogP contribution is -2.29. The van der Waals surface area contributed by atoms with E-state index in [0.29, 0.717) is 11.4 Å². The van der Waals surface area contributed by atoms with Gasteiger partial charge >= 0.3 is 0 Å². The first-order valence-corrected chi connectivity index (χ1v) is 6.57. The molecule has 2 amide bonds. The van der Waals surface area contributed by atoms with Gasteiger partial charge < -0.3 is 16.1 Å². The molecule has 7 nitrogen and oxygen atoms in total. The Morgan fingerprint density at radius 1 is 1.35 bits per heavy atom. The van der Waals surface area contributed by atoms with Crippen molar-refractivity contribution in [2.45, 2.75) is 26.2 Å². The molecule has 20 heavy (non-hydrogen) atoms. The molecule has 0 saturated carbocycles. The molecule has 1 rings (SSSR count). The zero-order chi connectivity index (χ0) is 15.0. The fourth-order valence-electron chi connectivity index (χ4n) is 1.69. The first kappa shape index (κ1) is 15.9. The number of carbonyl (C=O) groups is 2. The Morgan fingerprint density at radius 2 is 2.10 bits per heavy atom. The van der Waals surface area contributed by atoms with Gasteiger partial charge in [0.1, 0.15) is 5.82 Å². The number of pyridine rings is 1. The van der Waals surface area contributed by atoms with Crippen LogP contribution in [-0.4, -0.2) is 30.4 Å². The number of rotatable bonds is 7. The molecule has 0 spiro atoms. The van der Waals surface area contributed by atoms with Gasteiger partial charge in [-0.2, -0.15) is 0 Å². The standard InChI is InChI=1S/C13H21N5O2/c1-3-4-10-7-9(8-11(17-10)18-14)13(20)16-6-5-12(19)15-2/h7-8H,3-6,14H2,1-2H3,(H,15,19)(H,16,20)(H,17,18). The van der Waals surface area contributed by atoms with Crippen molar-refractivity contribution in [1.82, 2.24) is 15.6 Å². The molecule has 0 bridgehead atoms. The number of aromatic nitrogens is 1. The van der Waals surface area contributed by atoms with E-state index in [-0.39, 0.29) is 24.8 Å². The topological polar surface area (TPSA) is 109 Å². The Kier molecular flexibility index (Phi) is 6.45. The van der Waals surface area contributed by atoms with Crippen LogP contribution in [-0.2, 0) is 11.2 Å². The minimum absolute atomic E-state index is 0.115. The van der Waals surface area contributed by atoms with Crippen LogP contribution in [0.15, 0.2) is 12.1 Å². The van der Waals surface area contributed by atoms with Gasteiger partial charge in [-0.15, -0.1) is 0 Å². The number of hydrogen-bond acceptors (Lipinski definition) is 5. The van der Waals surface area contributed by atoms with Crippen molar-refractivity contribution in [2.24, 2.45) is 5.84 Å². The predicted octanol–water partition coefficient (Wildman–Crippen LogP) is 0.186. The minimum atomic E-state index is -0.245. The Balaban J connectivity index is 2.71. The van der Waals surface area contributed by atoms with Gasteiger partial charge in [0.15, 0.2) is 0 Å². The van der Waals surface area contributed by atoms with Crippen LogP contribution in [0.2, 0.25) is 0 Å². The molecule has 5 N–H and O–H groups in total. The van der Waals surface area contributed by atoms with E-state index in [1.807, 2.05) is 6.92 Å². The van der Waals surface area contributed by atoms with Gasteiger partial charge in [0.05, 0.1) is 0 Å². The minimum Gasteiger partial charge on any atom is -0.359 e. The van der Waals surface area contributed by atoms with Crippen molar-refractivity contribution in [2.75, 3.05) is 19.0 Å². The lowest BCUT2D eigenvalue weighted by atomic mass is 10.1. The highest BCUT2D eigenvalue weighted by atomic mass is 16.2. The average molecular weight is 279 g/mol.